The minimum Gasteiger partial charge on any atom is -0.352 e. The van der Waals surface area contributed by atoms with E-state index in [4.69, 9.17) is 23.8 Å². The number of rotatable bonds is 4. The molecule has 0 saturated heterocycles. The molecule has 0 amide bonds. The summed E-state index contributed by atoms with van der Waals surface area (Å²) in [6.07, 6.45) is 3.14. The van der Waals surface area contributed by atoms with Crippen molar-refractivity contribution in [3.63, 3.8) is 0 Å². The minimum atomic E-state index is 0. The monoisotopic (exact) mass is 331 g/mol. The fourth-order valence-electron chi connectivity index (χ4n) is 1.95. The molecule has 0 saturated carbocycles. The zero-order valence-corrected chi connectivity index (χ0v) is 13.9. The Hall–Kier alpha value is -0.810. The number of nitrogens with one attached hydrogen (secondary N) is 2. The standard InChI is InChI=1S/C14H18ClN3S.ClH/c1-18(2)8-7-12-9-13(17-14(19)16-12)10-3-5-11(15)6-4-10;/h3-6,9,13H,7-8H2,1-2H3,(H2,16,17,19);1H. The SMILES string of the molecule is CN(C)CCC1=CC(c2ccc(Cl)cc2)NC(=S)N1.Cl. The first-order valence-corrected chi connectivity index (χ1v) is 7.01. The lowest BCUT2D eigenvalue weighted by atomic mass is 10.0. The highest BCUT2D eigenvalue weighted by Crippen LogP contribution is 2.21. The van der Waals surface area contributed by atoms with Gasteiger partial charge in [-0.2, -0.15) is 0 Å². The Morgan fingerprint density at radius 1 is 1.25 bits per heavy atom. The summed E-state index contributed by atoms with van der Waals surface area (Å²) in [4.78, 5) is 2.16. The number of hydrogen-bond donors (Lipinski definition) is 2. The molecular weight excluding hydrogens is 313 g/mol. The van der Waals surface area contributed by atoms with Crippen molar-refractivity contribution in [1.29, 1.82) is 0 Å². The molecule has 1 aliphatic heterocycles. The Morgan fingerprint density at radius 2 is 1.90 bits per heavy atom. The second-order valence-electron chi connectivity index (χ2n) is 4.87. The molecule has 2 rings (SSSR count). The van der Waals surface area contributed by atoms with E-state index >= 15 is 0 Å². The first-order valence-electron chi connectivity index (χ1n) is 6.23. The number of nitrogens with zero attached hydrogens (tertiary/aromatic N) is 1. The van der Waals surface area contributed by atoms with Crippen molar-refractivity contribution in [1.82, 2.24) is 15.5 Å². The van der Waals surface area contributed by atoms with Gasteiger partial charge in [0.2, 0.25) is 0 Å². The number of thiocarbonyl (C=S) groups is 1. The number of halogens is 2. The molecule has 1 aromatic carbocycles. The van der Waals surface area contributed by atoms with Crippen LogP contribution in [0.2, 0.25) is 5.02 Å². The molecule has 0 aromatic heterocycles. The fraction of sp³-hybridized carbons (Fsp3) is 0.357. The van der Waals surface area contributed by atoms with Crippen LogP contribution in [0.5, 0.6) is 0 Å². The van der Waals surface area contributed by atoms with Crippen LogP contribution < -0.4 is 10.6 Å². The molecule has 2 N–H and O–H groups in total. The van der Waals surface area contributed by atoms with E-state index in [1.807, 2.05) is 24.3 Å². The minimum absolute atomic E-state index is 0. The van der Waals surface area contributed by atoms with Crippen LogP contribution in [0.1, 0.15) is 18.0 Å². The van der Waals surface area contributed by atoms with Gasteiger partial charge in [0.1, 0.15) is 0 Å². The van der Waals surface area contributed by atoms with Gasteiger partial charge in [0.05, 0.1) is 6.04 Å². The predicted molar refractivity (Wildman–Crippen MR) is 91.6 cm³/mol. The van der Waals surface area contributed by atoms with Gasteiger partial charge in [0.15, 0.2) is 5.11 Å². The maximum absolute atomic E-state index is 5.91. The quantitative estimate of drug-likeness (QED) is 0.829. The van der Waals surface area contributed by atoms with Gasteiger partial charge in [0.25, 0.3) is 0 Å². The van der Waals surface area contributed by atoms with Crippen LogP contribution in [0.4, 0.5) is 0 Å². The van der Waals surface area contributed by atoms with Gasteiger partial charge >= 0.3 is 0 Å². The van der Waals surface area contributed by atoms with E-state index in [2.05, 4.69) is 35.7 Å². The van der Waals surface area contributed by atoms with Crippen molar-refractivity contribution in [2.75, 3.05) is 20.6 Å². The van der Waals surface area contributed by atoms with Crippen LogP contribution in [-0.4, -0.2) is 30.7 Å². The zero-order chi connectivity index (χ0) is 13.8. The predicted octanol–water partition coefficient (Wildman–Crippen LogP) is 3.12. The average molecular weight is 332 g/mol. The number of benzene rings is 1. The van der Waals surface area contributed by atoms with Crippen LogP contribution in [-0.2, 0) is 0 Å². The second kappa shape index (κ2) is 7.84. The van der Waals surface area contributed by atoms with Crippen LogP contribution in [0.15, 0.2) is 36.0 Å². The Bertz CT molecular complexity index is 486. The first kappa shape index (κ1) is 17.2. The van der Waals surface area contributed by atoms with E-state index < -0.39 is 0 Å². The molecule has 3 nitrogen and oxygen atoms in total. The van der Waals surface area contributed by atoms with Gasteiger partial charge in [-0.15, -0.1) is 12.4 Å². The lowest BCUT2D eigenvalue weighted by molar-refractivity contribution is 0.409. The molecule has 0 aliphatic carbocycles. The van der Waals surface area contributed by atoms with Gasteiger partial charge in [0, 0.05) is 23.7 Å². The third kappa shape index (κ3) is 4.94. The van der Waals surface area contributed by atoms with Crippen LogP contribution >= 0.6 is 36.2 Å². The van der Waals surface area contributed by atoms with Crippen molar-refractivity contribution >= 4 is 41.3 Å². The van der Waals surface area contributed by atoms with E-state index in [0.29, 0.717) is 5.11 Å². The maximum atomic E-state index is 5.91. The second-order valence-corrected chi connectivity index (χ2v) is 5.72. The summed E-state index contributed by atoms with van der Waals surface area (Å²) in [5.74, 6) is 0. The van der Waals surface area contributed by atoms with Crippen molar-refractivity contribution in [3.8, 4) is 0 Å². The molecule has 0 bridgehead atoms. The molecule has 20 heavy (non-hydrogen) atoms. The smallest absolute Gasteiger partial charge is 0.171 e. The van der Waals surface area contributed by atoms with E-state index in [1.165, 1.54) is 0 Å². The third-order valence-corrected chi connectivity index (χ3v) is 3.46. The summed E-state index contributed by atoms with van der Waals surface area (Å²) < 4.78 is 0. The molecular formula is C14H19Cl2N3S. The van der Waals surface area contributed by atoms with Gasteiger partial charge < -0.3 is 15.5 Å². The van der Waals surface area contributed by atoms with Crippen LogP contribution in [0, 0.1) is 0 Å². The van der Waals surface area contributed by atoms with E-state index in [-0.39, 0.29) is 18.4 Å². The van der Waals surface area contributed by atoms with Gasteiger partial charge in [-0.3, -0.25) is 0 Å². The maximum Gasteiger partial charge on any atom is 0.171 e. The van der Waals surface area contributed by atoms with E-state index in [9.17, 15) is 0 Å². The molecule has 1 aliphatic rings. The largest absolute Gasteiger partial charge is 0.352 e. The first-order chi connectivity index (χ1) is 9.04. The topological polar surface area (TPSA) is 27.3 Å². The highest BCUT2D eigenvalue weighted by Gasteiger charge is 2.17. The van der Waals surface area contributed by atoms with Crippen molar-refractivity contribution in [2.24, 2.45) is 0 Å². The summed E-state index contributed by atoms with van der Waals surface area (Å²) in [5.41, 5.74) is 2.33. The molecule has 0 fully saturated rings. The normalized spacial score (nSPS) is 17.9. The van der Waals surface area contributed by atoms with Gasteiger partial charge in [-0.25, -0.2) is 0 Å². The molecule has 1 aromatic rings. The zero-order valence-electron chi connectivity index (χ0n) is 11.5. The molecule has 6 heteroatoms. The van der Waals surface area contributed by atoms with Crippen LogP contribution in [0.25, 0.3) is 0 Å². The summed E-state index contributed by atoms with van der Waals surface area (Å²) >= 11 is 11.2. The van der Waals surface area contributed by atoms with Crippen LogP contribution in [0.3, 0.4) is 0 Å². The molecule has 1 atom stereocenters. The average Bonchev–Trinajstić information content (AvgIpc) is 2.36. The Kier molecular flexibility index (Phi) is 6.76. The molecule has 1 unspecified atom stereocenters. The molecule has 110 valence electrons. The van der Waals surface area contributed by atoms with Crippen molar-refractivity contribution < 1.29 is 0 Å². The highest BCUT2D eigenvalue weighted by atomic mass is 35.5. The Labute approximate surface area is 136 Å². The lowest BCUT2D eigenvalue weighted by Gasteiger charge is -2.26. The summed E-state index contributed by atoms with van der Waals surface area (Å²) in [7, 11) is 4.13. The highest BCUT2D eigenvalue weighted by molar-refractivity contribution is 7.80. The third-order valence-electron chi connectivity index (χ3n) is 2.99. The summed E-state index contributed by atoms with van der Waals surface area (Å²) in [5, 5.41) is 7.89. The Morgan fingerprint density at radius 3 is 2.50 bits per heavy atom. The summed E-state index contributed by atoms with van der Waals surface area (Å²) in [6.45, 7) is 0.995. The van der Waals surface area contributed by atoms with Gasteiger partial charge in [-0.1, -0.05) is 23.7 Å². The number of hydrogen-bond acceptors (Lipinski definition) is 2. The summed E-state index contributed by atoms with van der Waals surface area (Å²) in [6, 6.07) is 7.96. The molecule has 1 heterocycles. The Balaban J connectivity index is 0.00000200. The van der Waals surface area contributed by atoms with Crippen molar-refractivity contribution in [2.45, 2.75) is 12.5 Å². The molecule has 0 radical (unpaired) electrons. The van der Waals surface area contributed by atoms with E-state index in [0.717, 1.165) is 29.2 Å². The van der Waals surface area contributed by atoms with Crippen molar-refractivity contribution in [3.05, 3.63) is 46.6 Å². The van der Waals surface area contributed by atoms with E-state index in [1.54, 1.807) is 0 Å². The van der Waals surface area contributed by atoms with Gasteiger partial charge in [-0.05, 0) is 50.1 Å². The lowest BCUT2D eigenvalue weighted by Crippen LogP contribution is -2.41. The molecule has 0 spiro atoms. The fourth-order valence-corrected chi connectivity index (χ4v) is 2.33.